The van der Waals surface area contributed by atoms with Crippen LogP contribution in [-0.2, 0) is 4.79 Å². The molecular formula is C22H25N5O3. The van der Waals surface area contributed by atoms with Gasteiger partial charge in [0, 0.05) is 30.5 Å². The Morgan fingerprint density at radius 2 is 1.73 bits per heavy atom. The molecule has 1 amide bonds. The van der Waals surface area contributed by atoms with E-state index < -0.39 is 0 Å². The van der Waals surface area contributed by atoms with Crippen LogP contribution in [-0.4, -0.2) is 42.7 Å². The lowest BCUT2D eigenvalue weighted by Crippen LogP contribution is -2.32. The fourth-order valence-corrected chi connectivity index (χ4v) is 2.63. The molecule has 30 heavy (non-hydrogen) atoms. The smallest absolute Gasteiger partial charge is 0.258 e. The lowest BCUT2D eigenvalue weighted by atomic mass is 10.3. The van der Waals surface area contributed by atoms with E-state index in [2.05, 4.69) is 25.9 Å². The Morgan fingerprint density at radius 3 is 2.47 bits per heavy atom. The third-order valence-corrected chi connectivity index (χ3v) is 4.06. The maximum atomic E-state index is 11.9. The average molecular weight is 407 g/mol. The molecule has 0 bridgehead atoms. The van der Waals surface area contributed by atoms with Gasteiger partial charge in [-0.05, 0) is 43.3 Å². The fourth-order valence-electron chi connectivity index (χ4n) is 2.63. The predicted molar refractivity (Wildman–Crippen MR) is 116 cm³/mol. The van der Waals surface area contributed by atoms with E-state index in [1.807, 2.05) is 67.6 Å². The minimum atomic E-state index is -0.187. The van der Waals surface area contributed by atoms with Gasteiger partial charge < -0.3 is 25.4 Å². The van der Waals surface area contributed by atoms with Gasteiger partial charge in [-0.25, -0.2) is 4.98 Å². The van der Waals surface area contributed by atoms with Gasteiger partial charge in [-0.1, -0.05) is 18.2 Å². The Hall–Kier alpha value is -3.81. The number of carbonyl (C=O) groups excluding carboxylic acids is 1. The molecule has 0 aliphatic rings. The molecule has 0 aliphatic carbocycles. The first kappa shape index (κ1) is 20.9. The van der Waals surface area contributed by atoms with E-state index in [4.69, 9.17) is 9.47 Å². The van der Waals surface area contributed by atoms with Crippen LogP contribution in [0.25, 0.3) is 0 Å². The topological polar surface area (TPSA) is 97.4 Å². The highest BCUT2D eigenvalue weighted by Gasteiger charge is 2.05. The molecule has 0 saturated carbocycles. The molecule has 8 nitrogen and oxygen atoms in total. The number of nitrogens with one attached hydrogen (secondary N) is 3. The molecule has 0 spiro atoms. The predicted octanol–water partition coefficient (Wildman–Crippen LogP) is 3.14. The van der Waals surface area contributed by atoms with Crippen LogP contribution in [0, 0.1) is 6.92 Å². The number of para-hydroxylation sites is 1. The van der Waals surface area contributed by atoms with Gasteiger partial charge in [-0.3, -0.25) is 4.79 Å². The number of amides is 1. The van der Waals surface area contributed by atoms with Crippen molar-refractivity contribution in [2.24, 2.45) is 0 Å². The number of hydrogen-bond acceptors (Lipinski definition) is 7. The number of aromatic nitrogens is 2. The second-order valence-corrected chi connectivity index (χ2v) is 6.45. The van der Waals surface area contributed by atoms with Gasteiger partial charge in [0.05, 0.1) is 7.11 Å². The van der Waals surface area contributed by atoms with E-state index in [-0.39, 0.29) is 12.5 Å². The van der Waals surface area contributed by atoms with Crippen LogP contribution in [0.5, 0.6) is 11.5 Å². The van der Waals surface area contributed by atoms with Crippen LogP contribution in [0.15, 0.2) is 60.7 Å². The molecule has 1 aromatic heterocycles. The number of rotatable bonds is 10. The number of anilines is 3. The monoisotopic (exact) mass is 407 g/mol. The first-order valence-corrected chi connectivity index (χ1v) is 9.57. The maximum Gasteiger partial charge on any atom is 0.258 e. The van der Waals surface area contributed by atoms with E-state index in [1.54, 1.807) is 7.11 Å². The number of ether oxygens (including phenoxy) is 2. The van der Waals surface area contributed by atoms with Gasteiger partial charge in [-0.15, -0.1) is 0 Å². The van der Waals surface area contributed by atoms with Gasteiger partial charge in [0.2, 0.25) is 5.95 Å². The molecule has 0 saturated heterocycles. The van der Waals surface area contributed by atoms with Crippen LogP contribution in [0.4, 0.5) is 17.5 Å². The molecule has 156 valence electrons. The highest BCUT2D eigenvalue weighted by molar-refractivity contribution is 5.77. The van der Waals surface area contributed by atoms with Crippen molar-refractivity contribution >= 4 is 23.4 Å². The number of methoxy groups -OCH3 is 1. The molecule has 0 radical (unpaired) electrons. The number of hydrogen-bond donors (Lipinski definition) is 3. The molecule has 0 unspecified atom stereocenters. The second kappa shape index (κ2) is 10.7. The number of benzene rings is 2. The molecule has 3 aromatic rings. The van der Waals surface area contributed by atoms with E-state index in [0.717, 1.165) is 17.1 Å². The minimum Gasteiger partial charge on any atom is -0.497 e. The zero-order chi connectivity index (χ0) is 21.2. The number of carbonyl (C=O) groups is 1. The first-order chi connectivity index (χ1) is 14.6. The van der Waals surface area contributed by atoms with Crippen LogP contribution in [0.2, 0.25) is 0 Å². The van der Waals surface area contributed by atoms with Gasteiger partial charge in [0.15, 0.2) is 6.61 Å². The van der Waals surface area contributed by atoms with Crippen molar-refractivity contribution in [3.63, 3.8) is 0 Å². The van der Waals surface area contributed by atoms with Crippen LogP contribution in [0.3, 0.4) is 0 Å². The Labute approximate surface area is 175 Å². The highest BCUT2D eigenvalue weighted by Crippen LogP contribution is 2.19. The molecule has 2 aromatic carbocycles. The third kappa shape index (κ3) is 6.66. The molecule has 0 fully saturated rings. The Balaban J connectivity index is 1.44. The van der Waals surface area contributed by atoms with Crippen LogP contribution < -0.4 is 25.4 Å². The first-order valence-electron chi connectivity index (χ1n) is 9.57. The lowest BCUT2D eigenvalue weighted by molar-refractivity contribution is -0.123. The van der Waals surface area contributed by atoms with Crippen molar-refractivity contribution in [2.75, 3.05) is 37.4 Å². The van der Waals surface area contributed by atoms with Crippen molar-refractivity contribution in [3.8, 4) is 11.5 Å². The van der Waals surface area contributed by atoms with Crippen molar-refractivity contribution in [1.82, 2.24) is 15.3 Å². The molecule has 8 heteroatoms. The average Bonchev–Trinajstić information content (AvgIpc) is 2.76. The summed E-state index contributed by atoms with van der Waals surface area (Å²) in [5, 5.41) is 9.16. The minimum absolute atomic E-state index is 0.0269. The maximum absolute atomic E-state index is 11.9. The zero-order valence-corrected chi connectivity index (χ0v) is 17.0. The Kier molecular flexibility index (Phi) is 7.43. The highest BCUT2D eigenvalue weighted by atomic mass is 16.5. The molecule has 3 rings (SSSR count). The fraction of sp³-hybridized carbons (Fsp3) is 0.227. The van der Waals surface area contributed by atoms with Gasteiger partial charge >= 0.3 is 0 Å². The standard InChI is InChI=1S/C22H25N5O3/c1-16-14-20(26-17-8-10-18(29-2)11-9-17)27-22(25-16)24-13-12-23-21(28)15-30-19-6-4-3-5-7-19/h3-11,14H,12-13,15H2,1-2H3,(H,23,28)(H2,24,25,26,27). The summed E-state index contributed by atoms with van der Waals surface area (Å²) in [7, 11) is 1.63. The van der Waals surface area contributed by atoms with Crippen molar-refractivity contribution in [1.29, 1.82) is 0 Å². The summed E-state index contributed by atoms with van der Waals surface area (Å²) in [6.45, 7) is 2.79. The number of aryl methyl sites for hydroxylation is 1. The summed E-state index contributed by atoms with van der Waals surface area (Å²) in [5.41, 5.74) is 1.72. The second-order valence-electron chi connectivity index (χ2n) is 6.45. The number of nitrogens with zero attached hydrogens (tertiary/aromatic N) is 2. The SMILES string of the molecule is COc1ccc(Nc2cc(C)nc(NCCNC(=O)COc3ccccc3)n2)cc1. The molecular weight excluding hydrogens is 382 g/mol. The largest absolute Gasteiger partial charge is 0.497 e. The Morgan fingerprint density at radius 1 is 0.967 bits per heavy atom. The zero-order valence-electron chi connectivity index (χ0n) is 17.0. The summed E-state index contributed by atoms with van der Waals surface area (Å²) in [6.07, 6.45) is 0. The van der Waals surface area contributed by atoms with E-state index in [9.17, 15) is 4.79 Å². The van der Waals surface area contributed by atoms with Gasteiger partial charge in [0.1, 0.15) is 17.3 Å². The van der Waals surface area contributed by atoms with E-state index in [0.29, 0.717) is 30.6 Å². The summed E-state index contributed by atoms with van der Waals surface area (Å²) in [5.74, 6) is 2.43. The van der Waals surface area contributed by atoms with Crippen molar-refractivity contribution in [2.45, 2.75) is 6.92 Å². The quantitative estimate of drug-likeness (QED) is 0.444. The summed E-state index contributed by atoms with van der Waals surface area (Å²) >= 11 is 0. The third-order valence-electron chi connectivity index (χ3n) is 4.06. The van der Waals surface area contributed by atoms with E-state index >= 15 is 0 Å². The van der Waals surface area contributed by atoms with Crippen LogP contribution >= 0.6 is 0 Å². The van der Waals surface area contributed by atoms with Gasteiger partial charge in [-0.2, -0.15) is 4.98 Å². The van der Waals surface area contributed by atoms with Crippen molar-refractivity contribution < 1.29 is 14.3 Å². The lowest BCUT2D eigenvalue weighted by Gasteiger charge is -2.11. The summed E-state index contributed by atoms with van der Waals surface area (Å²) in [4.78, 5) is 20.7. The molecule has 0 atom stereocenters. The van der Waals surface area contributed by atoms with Crippen LogP contribution in [0.1, 0.15) is 5.69 Å². The summed E-state index contributed by atoms with van der Waals surface area (Å²) in [6, 6.07) is 18.7. The molecule has 0 aliphatic heterocycles. The molecule has 1 heterocycles. The molecule has 3 N–H and O–H groups in total. The normalized spacial score (nSPS) is 10.2. The van der Waals surface area contributed by atoms with Gasteiger partial charge in [0.25, 0.3) is 5.91 Å². The summed E-state index contributed by atoms with van der Waals surface area (Å²) < 4.78 is 10.6. The van der Waals surface area contributed by atoms with Crippen molar-refractivity contribution in [3.05, 3.63) is 66.4 Å². The Bertz CT molecular complexity index is 949. The van der Waals surface area contributed by atoms with E-state index in [1.165, 1.54) is 0 Å².